The smallest absolute Gasteiger partial charge is 0.380 e. The van der Waals surface area contributed by atoms with Crippen molar-refractivity contribution < 1.29 is 13.6 Å². The van der Waals surface area contributed by atoms with Crippen LogP contribution >= 0.6 is 6.72 Å². The molecule has 1 aromatic heterocycles. The molecule has 0 unspecified atom stereocenters. The Morgan fingerprint density at radius 3 is 1.95 bits per heavy atom. The van der Waals surface area contributed by atoms with Gasteiger partial charge in [0.1, 0.15) is 5.82 Å². The molecule has 5 nitrogen and oxygen atoms in total. The predicted molar refractivity (Wildman–Crippen MR) is 78.9 cm³/mol. The van der Waals surface area contributed by atoms with Crippen LogP contribution in [-0.4, -0.2) is 23.2 Å². The van der Waals surface area contributed by atoms with E-state index in [2.05, 4.69) is 9.97 Å². The monoisotopic (exact) mass is 304 g/mol. The van der Waals surface area contributed by atoms with Crippen LogP contribution in [0.3, 0.4) is 0 Å². The van der Waals surface area contributed by atoms with Gasteiger partial charge in [0.15, 0.2) is 5.75 Å². The van der Waals surface area contributed by atoms with Crippen molar-refractivity contribution in [3.05, 3.63) is 18.2 Å². The molecule has 108 valence electrons. The van der Waals surface area contributed by atoms with Gasteiger partial charge in [0.25, 0.3) is 0 Å². The molecule has 7 heteroatoms. The lowest BCUT2D eigenvalue weighted by molar-refractivity contribution is 0.217. The lowest BCUT2D eigenvalue weighted by atomic mass is 9.96. The Bertz CT molecular complexity index is 435. The topological polar surface area (TPSA) is 53.5 Å². The van der Waals surface area contributed by atoms with E-state index in [0.29, 0.717) is 19.0 Å². The molecule has 0 amide bonds. The Hall–Kier alpha value is -0.550. The van der Waals surface area contributed by atoms with Crippen LogP contribution in [0, 0.1) is 0 Å². The minimum absolute atomic E-state index is 0.0986. The van der Waals surface area contributed by atoms with Crippen LogP contribution in [0.2, 0.25) is 0 Å². The highest BCUT2D eigenvalue weighted by Gasteiger charge is 2.22. The van der Waals surface area contributed by atoms with Crippen LogP contribution < -0.4 is 4.52 Å². The molecular weight excluding hydrogens is 283 g/mol. The Morgan fingerprint density at radius 1 is 1.11 bits per heavy atom. The van der Waals surface area contributed by atoms with Gasteiger partial charge in [0.2, 0.25) is 0 Å². The van der Waals surface area contributed by atoms with E-state index < -0.39 is 6.72 Å². The minimum atomic E-state index is -2.74. The lowest BCUT2D eigenvalue weighted by Gasteiger charge is -2.21. The van der Waals surface area contributed by atoms with Crippen LogP contribution in [0.1, 0.15) is 40.4 Å². The molecule has 0 saturated carbocycles. The molecule has 0 saturated heterocycles. The zero-order valence-electron chi connectivity index (χ0n) is 12.0. The van der Waals surface area contributed by atoms with E-state index in [9.17, 15) is 0 Å². The molecule has 0 atom stereocenters. The molecule has 0 aliphatic carbocycles. The van der Waals surface area contributed by atoms with Crippen molar-refractivity contribution in [2.24, 2.45) is 0 Å². The second kappa shape index (κ2) is 6.75. The van der Waals surface area contributed by atoms with Gasteiger partial charge < -0.3 is 4.52 Å². The van der Waals surface area contributed by atoms with Crippen molar-refractivity contribution in [3.63, 3.8) is 0 Å². The summed E-state index contributed by atoms with van der Waals surface area (Å²) in [7, 11) is 0. The van der Waals surface area contributed by atoms with Gasteiger partial charge in [0.05, 0.1) is 25.6 Å². The molecule has 0 radical (unpaired) electrons. The third kappa shape index (κ3) is 5.15. The second-order valence-corrected chi connectivity index (χ2v) is 7.80. The van der Waals surface area contributed by atoms with Gasteiger partial charge >= 0.3 is 6.72 Å². The fourth-order valence-electron chi connectivity index (χ4n) is 1.29. The third-order valence-electron chi connectivity index (χ3n) is 2.09. The summed E-state index contributed by atoms with van der Waals surface area (Å²) < 4.78 is 16.4. The quantitative estimate of drug-likeness (QED) is 0.750. The second-order valence-electron chi connectivity index (χ2n) is 4.87. The van der Waals surface area contributed by atoms with Crippen molar-refractivity contribution in [1.82, 2.24) is 9.97 Å². The van der Waals surface area contributed by atoms with Crippen LogP contribution in [0.25, 0.3) is 0 Å². The molecule has 1 aromatic rings. The molecule has 0 N–H and O–H groups in total. The number of aromatic nitrogens is 2. The van der Waals surface area contributed by atoms with Crippen LogP contribution in [0.4, 0.5) is 0 Å². The number of rotatable bonds is 6. The summed E-state index contributed by atoms with van der Waals surface area (Å²) in [5.74, 6) is 1.22. The average Bonchev–Trinajstić information content (AvgIpc) is 2.28. The Labute approximate surface area is 120 Å². The van der Waals surface area contributed by atoms with Gasteiger partial charge in [-0.3, -0.25) is 9.05 Å². The van der Waals surface area contributed by atoms with E-state index in [-0.39, 0.29) is 5.41 Å². The number of hydrogen-bond donors (Lipinski definition) is 0. The standard InChI is InChI=1S/C12H21N2O3PS/c1-6-15-18(19,16-7-2)17-10-8-13-11(14-9-10)12(3,4)5/h8-9H,6-7H2,1-5H3. The van der Waals surface area contributed by atoms with Gasteiger partial charge in [-0.15, -0.1) is 0 Å². The normalized spacial score (nSPS) is 12.5. The summed E-state index contributed by atoms with van der Waals surface area (Å²) in [4.78, 5) is 8.56. The third-order valence-corrected chi connectivity index (χ3v) is 4.53. The zero-order chi connectivity index (χ0) is 14.5. The van der Waals surface area contributed by atoms with Gasteiger partial charge in [-0.05, 0) is 13.8 Å². The van der Waals surface area contributed by atoms with Crippen LogP contribution in [0.5, 0.6) is 5.75 Å². The predicted octanol–water partition coefficient (Wildman–Crippen LogP) is 3.45. The van der Waals surface area contributed by atoms with Gasteiger partial charge in [-0.1, -0.05) is 20.8 Å². The summed E-state index contributed by atoms with van der Waals surface area (Å²) in [6.07, 6.45) is 3.21. The summed E-state index contributed by atoms with van der Waals surface area (Å²) in [6, 6.07) is 0. The lowest BCUT2D eigenvalue weighted by Crippen LogP contribution is -2.15. The molecular formula is C12H21N2O3PS. The first kappa shape index (κ1) is 16.5. The minimum Gasteiger partial charge on any atom is -0.421 e. The first-order valence-electron chi connectivity index (χ1n) is 6.22. The van der Waals surface area contributed by atoms with E-state index in [4.69, 9.17) is 25.4 Å². The first-order chi connectivity index (χ1) is 8.80. The molecule has 1 heterocycles. The van der Waals surface area contributed by atoms with E-state index in [0.717, 1.165) is 5.82 Å². The number of nitrogens with zero attached hydrogens (tertiary/aromatic N) is 2. The molecule has 0 bridgehead atoms. The highest BCUT2D eigenvalue weighted by molar-refractivity contribution is 8.07. The van der Waals surface area contributed by atoms with E-state index >= 15 is 0 Å². The molecule has 0 aliphatic heterocycles. The fraction of sp³-hybridized carbons (Fsp3) is 0.667. The van der Waals surface area contributed by atoms with Crippen molar-refractivity contribution >= 4 is 18.5 Å². The van der Waals surface area contributed by atoms with E-state index in [1.807, 2.05) is 34.6 Å². The maximum absolute atomic E-state index is 5.61. The van der Waals surface area contributed by atoms with Crippen molar-refractivity contribution in [2.45, 2.75) is 40.0 Å². The Balaban J connectivity index is 2.84. The van der Waals surface area contributed by atoms with Crippen LogP contribution in [0.15, 0.2) is 12.4 Å². The largest absolute Gasteiger partial charge is 0.421 e. The molecule has 0 fully saturated rings. The first-order valence-corrected chi connectivity index (χ1v) is 8.77. The fourth-order valence-corrected chi connectivity index (χ4v) is 3.34. The zero-order valence-corrected chi connectivity index (χ0v) is 13.8. The maximum atomic E-state index is 5.61. The maximum Gasteiger partial charge on any atom is 0.380 e. The van der Waals surface area contributed by atoms with Gasteiger partial charge in [-0.2, -0.15) is 0 Å². The average molecular weight is 304 g/mol. The number of hydrogen-bond acceptors (Lipinski definition) is 6. The summed E-state index contributed by atoms with van der Waals surface area (Å²) >= 11 is 5.28. The molecule has 1 rings (SSSR count). The van der Waals surface area contributed by atoms with E-state index in [1.54, 1.807) is 12.4 Å². The molecule has 0 aliphatic rings. The highest BCUT2D eigenvalue weighted by atomic mass is 32.5. The van der Waals surface area contributed by atoms with Crippen molar-refractivity contribution in [3.8, 4) is 5.75 Å². The highest BCUT2D eigenvalue weighted by Crippen LogP contribution is 2.49. The van der Waals surface area contributed by atoms with Crippen LogP contribution in [-0.2, 0) is 26.3 Å². The molecule has 0 aromatic carbocycles. The SMILES string of the molecule is CCOP(=S)(OCC)Oc1cnc(C(C)(C)C)nc1. The molecule has 19 heavy (non-hydrogen) atoms. The summed E-state index contributed by atoms with van der Waals surface area (Å²) in [6.45, 7) is 7.99. The van der Waals surface area contributed by atoms with Crippen molar-refractivity contribution in [2.75, 3.05) is 13.2 Å². The van der Waals surface area contributed by atoms with Gasteiger partial charge in [0, 0.05) is 17.2 Å². The van der Waals surface area contributed by atoms with Crippen molar-refractivity contribution in [1.29, 1.82) is 0 Å². The Kier molecular flexibility index (Phi) is 5.86. The summed E-state index contributed by atoms with van der Waals surface area (Å²) in [5, 5.41) is 0. The van der Waals surface area contributed by atoms with Gasteiger partial charge in [-0.25, -0.2) is 9.97 Å². The molecule has 0 spiro atoms. The summed E-state index contributed by atoms with van der Waals surface area (Å²) in [5.41, 5.74) is -0.0986. The Morgan fingerprint density at radius 2 is 1.58 bits per heavy atom. The van der Waals surface area contributed by atoms with E-state index in [1.165, 1.54) is 0 Å².